The van der Waals surface area contributed by atoms with Crippen LogP contribution in [0.3, 0.4) is 0 Å². The van der Waals surface area contributed by atoms with Gasteiger partial charge in [0.15, 0.2) is 0 Å². The lowest BCUT2D eigenvalue weighted by Crippen LogP contribution is -2.30. The quantitative estimate of drug-likeness (QED) is 0.624. The molecule has 1 aliphatic rings. The van der Waals surface area contributed by atoms with Crippen LogP contribution in [0.4, 0.5) is 0 Å². The molecule has 6 nitrogen and oxygen atoms in total. The molecule has 1 fully saturated rings. The molecule has 0 radical (unpaired) electrons. The molecule has 30 heavy (non-hydrogen) atoms. The third kappa shape index (κ3) is 5.45. The Morgan fingerprint density at radius 2 is 1.70 bits per heavy atom. The number of hydrogen-bond acceptors (Lipinski definition) is 4. The lowest BCUT2D eigenvalue weighted by atomic mass is 9.97. The third-order valence-electron chi connectivity index (χ3n) is 5.31. The smallest absolute Gasteiger partial charge is 0.346 e. The fourth-order valence-corrected chi connectivity index (χ4v) is 3.80. The maximum atomic E-state index is 13.2. The predicted molar refractivity (Wildman–Crippen MR) is 123 cm³/mol. The molecule has 0 atom stereocenters. The van der Waals surface area contributed by atoms with Gasteiger partial charge in [0.1, 0.15) is 11.6 Å². The molecule has 0 aliphatic carbocycles. The first kappa shape index (κ1) is 24.0. The fourth-order valence-electron chi connectivity index (χ4n) is 3.80. The lowest BCUT2D eigenvalue weighted by molar-refractivity contribution is 0.414. The van der Waals surface area contributed by atoms with E-state index >= 15 is 0 Å². The summed E-state index contributed by atoms with van der Waals surface area (Å²) in [7, 11) is 1.65. The Morgan fingerprint density at radius 3 is 2.40 bits per heavy atom. The van der Waals surface area contributed by atoms with Crippen molar-refractivity contribution in [3.8, 4) is 5.75 Å². The minimum Gasteiger partial charge on any atom is -0.497 e. The molecule has 0 amide bonds. The Kier molecular flexibility index (Phi) is 8.96. The molecular weight excluding hydrogens is 423 g/mol. The molecule has 2 heterocycles. The summed E-state index contributed by atoms with van der Waals surface area (Å²) in [6.07, 6.45) is 2.01. The van der Waals surface area contributed by atoms with Gasteiger partial charge in [0, 0.05) is 5.92 Å². The summed E-state index contributed by atoms with van der Waals surface area (Å²) in [5.74, 6) is 2.00. The van der Waals surface area contributed by atoms with E-state index in [1.165, 1.54) is 0 Å². The first-order valence-corrected chi connectivity index (χ1v) is 9.79. The number of rotatable bonds is 6. The van der Waals surface area contributed by atoms with Crippen molar-refractivity contribution in [2.24, 2.45) is 0 Å². The van der Waals surface area contributed by atoms with Crippen LogP contribution < -0.4 is 15.7 Å². The van der Waals surface area contributed by atoms with Crippen LogP contribution in [-0.2, 0) is 13.1 Å². The first-order chi connectivity index (χ1) is 13.7. The van der Waals surface area contributed by atoms with E-state index in [1.54, 1.807) is 11.8 Å². The van der Waals surface area contributed by atoms with Crippen molar-refractivity contribution in [2.45, 2.75) is 31.8 Å². The number of methoxy groups -OCH3 is 1. The molecule has 4 rings (SSSR count). The summed E-state index contributed by atoms with van der Waals surface area (Å²) >= 11 is 0. The molecular formula is C22H28Cl2N4O2. The standard InChI is InChI=1S/C22H26N4O2.2ClH/c1-28-20-9-5-8-18(14-20)16-26-22(27)25(15-17-6-3-2-4-7-17)21(24-26)19-10-12-23-13-11-19;;/h2-9,14,19,23H,10-13,15-16H2,1H3;2*1H. The van der Waals surface area contributed by atoms with Gasteiger partial charge in [0.05, 0.1) is 20.2 Å². The number of halogens is 2. The van der Waals surface area contributed by atoms with Crippen LogP contribution in [0.5, 0.6) is 5.75 Å². The van der Waals surface area contributed by atoms with Gasteiger partial charge in [-0.05, 0) is 49.2 Å². The average Bonchev–Trinajstić information content (AvgIpc) is 3.05. The van der Waals surface area contributed by atoms with Crippen LogP contribution in [0, 0.1) is 0 Å². The predicted octanol–water partition coefficient (Wildman–Crippen LogP) is 3.46. The van der Waals surface area contributed by atoms with Crippen molar-refractivity contribution in [1.82, 2.24) is 19.7 Å². The van der Waals surface area contributed by atoms with Gasteiger partial charge in [-0.1, -0.05) is 42.5 Å². The second kappa shape index (κ2) is 11.2. The zero-order chi connectivity index (χ0) is 19.3. The third-order valence-corrected chi connectivity index (χ3v) is 5.31. The molecule has 8 heteroatoms. The topological polar surface area (TPSA) is 61.1 Å². The highest BCUT2D eigenvalue weighted by atomic mass is 35.5. The minimum atomic E-state index is -0.0554. The van der Waals surface area contributed by atoms with Gasteiger partial charge in [-0.15, -0.1) is 24.8 Å². The van der Waals surface area contributed by atoms with E-state index in [1.807, 2.05) is 47.0 Å². The average molecular weight is 451 g/mol. The summed E-state index contributed by atoms with van der Waals surface area (Å²) in [4.78, 5) is 13.2. The monoisotopic (exact) mass is 450 g/mol. The maximum Gasteiger partial charge on any atom is 0.346 e. The highest BCUT2D eigenvalue weighted by Crippen LogP contribution is 2.23. The first-order valence-electron chi connectivity index (χ1n) is 9.79. The van der Waals surface area contributed by atoms with Crippen molar-refractivity contribution in [2.75, 3.05) is 20.2 Å². The number of aromatic nitrogens is 3. The Bertz CT molecular complexity index is 982. The van der Waals surface area contributed by atoms with Gasteiger partial charge >= 0.3 is 5.69 Å². The van der Waals surface area contributed by atoms with Crippen molar-refractivity contribution in [3.63, 3.8) is 0 Å². The second-order valence-electron chi connectivity index (χ2n) is 7.25. The van der Waals surface area contributed by atoms with Gasteiger partial charge in [-0.3, -0.25) is 4.57 Å². The van der Waals surface area contributed by atoms with E-state index in [2.05, 4.69) is 17.4 Å². The van der Waals surface area contributed by atoms with E-state index in [0.717, 1.165) is 48.6 Å². The largest absolute Gasteiger partial charge is 0.497 e. The Balaban J connectivity index is 0.00000160. The summed E-state index contributed by atoms with van der Waals surface area (Å²) in [5.41, 5.74) is 2.06. The lowest BCUT2D eigenvalue weighted by Gasteiger charge is -2.22. The van der Waals surface area contributed by atoms with Crippen molar-refractivity contribution in [3.05, 3.63) is 82.0 Å². The highest BCUT2D eigenvalue weighted by Gasteiger charge is 2.24. The Hall–Kier alpha value is -2.28. The van der Waals surface area contributed by atoms with Crippen molar-refractivity contribution < 1.29 is 4.74 Å². The molecule has 0 spiro atoms. The van der Waals surface area contributed by atoms with E-state index < -0.39 is 0 Å². The molecule has 0 saturated carbocycles. The molecule has 1 aliphatic heterocycles. The molecule has 3 aromatic rings. The van der Waals surface area contributed by atoms with Crippen LogP contribution in [0.1, 0.15) is 35.7 Å². The maximum absolute atomic E-state index is 13.2. The van der Waals surface area contributed by atoms with Gasteiger partial charge < -0.3 is 10.1 Å². The summed E-state index contributed by atoms with van der Waals surface area (Å²) < 4.78 is 8.75. The van der Waals surface area contributed by atoms with Crippen LogP contribution in [0.15, 0.2) is 59.4 Å². The summed E-state index contributed by atoms with van der Waals surface area (Å²) in [6, 6.07) is 17.9. The molecule has 1 aromatic heterocycles. The number of benzene rings is 2. The highest BCUT2D eigenvalue weighted by molar-refractivity contribution is 5.85. The minimum absolute atomic E-state index is 0. The van der Waals surface area contributed by atoms with Crippen molar-refractivity contribution in [1.29, 1.82) is 0 Å². The molecule has 0 bridgehead atoms. The molecule has 1 N–H and O–H groups in total. The molecule has 2 aromatic carbocycles. The zero-order valence-corrected chi connectivity index (χ0v) is 18.6. The normalized spacial score (nSPS) is 13.9. The Labute approximate surface area is 189 Å². The van der Waals surface area contributed by atoms with E-state index in [-0.39, 0.29) is 30.5 Å². The Morgan fingerprint density at radius 1 is 1.00 bits per heavy atom. The van der Waals surface area contributed by atoms with E-state index in [4.69, 9.17) is 9.84 Å². The van der Waals surface area contributed by atoms with Gasteiger partial charge in [-0.2, -0.15) is 5.10 Å². The van der Waals surface area contributed by atoms with Gasteiger partial charge in [0.2, 0.25) is 0 Å². The zero-order valence-electron chi connectivity index (χ0n) is 17.0. The molecule has 1 saturated heterocycles. The van der Waals surface area contributed by atoms with Crippen LogP contribution in [0.25, 0.3) is 0 Å². The number of nitrogens with zero attached hydrogens (tertiary/aromatic N) is 3. The summed E-state index contributed by atoms with van der Waals surface area (Å²) in [6.45, 7) is 2.92. The summed E-state index contributed by atoms with van der Waals surface area (Å²) in [5, 5.41) is 8.17. The SMILES string of the molecule is COc1cccc(Cn2nc(C3CCNCC3)n(Cc3ccccc3)c2=O)c1.Cl.Cl. The van der Waals surface area contributed by atoms with Gasteiger partial charge in [0.25, 0.3) is 0 Å². The molecule has 162 valence electrons. The fraction of sp³-hybridized carbons (Fsp3) is 0.364. The second-order valence-corrected chi connectivity index (χ2v) is 7.25. The van der Waals surface area contributed by atoms with Crippen molar-refractivity contribution >= 4 is 24.8 Å². The number of ether oxygens (including phenoxy) is 1. The number of hydrogen-bond donors (Lipinski definition) is 1. The number of nitrogens with one attached hydrogen (secondary N) is 1. The van der Waals surface area contributed by atoms with Crippen LogP contribution >= 0.6 is 24.8 Å². The van der Waals surface area contributed by atoms with Gasteiger partial charge in [-0.25, -0.2) is 9.48 Å². The molecule has 0 unspecified atom stereocenters. The van der Waals surface area contributed by atoms with Crippen LogP contribution in [0.2, 0.25) is 0 Å². The van der Waals surface area contributed by atoms with E-state index in [9.17, 15) is 4.79 Å². The van der Waals surface area contributed by atoms with E-state index in [0.29, 0.717) is 19.0 Å². The number of piperidine rings is 1. The van der Waals surface area contributed by atoms with Crippen LogP contribution in [-0.4, -0.2) is 34.5 Å².